The van der Waals surface area contributed by atoms with Crippen LogP contribution in [0.15, 0.2) is 11.6 Å². The molecule has 0 amide bonds. The van der Waals surface area contributed by atoms with E-state index in [4.69, 9.17) is 25.8 Å². The van der Waals surface area contributed by atoms with E-state index in [1.807, 2.05) is 0 Å². The van der Waals surface area contributed by atoms with Crippen molar-refractivity contribution in [2.75, 3.05) is 6.61 Å². The third-order valence-electron chi connectivity index (χ3n) is 4.45. The molecule has 2 aliphatic rings. The van der Waals surface area contributed by atoms with Crippen LogP contribution in [-0.4, -0.2) is 73.0 Å². The maximum absolute atomic E-state index is 11.5. The summed E-state index contributed by atoms with van der Waals surface area (Å²) in [5.41, 5.74) is 0.459. The molecule has 0 aliphatic carbocycles. The van der Waals surface area contributed by atoms with Gasteiger partial charge < -0.3 is 24.4 Å². The predicted molar refractivity (Wildman–Crippen MR) is 92.4 cm³/mol. The Kier molecular flexibility index (Phi) is 4.69. The summed E-state index contributed by atoms with van der Waals surface area (Å²) in [6.45, 7) is 3.61. The lowest BCUT2D eigenvalue weighted by Crippen LogP contribution is -2.63. The lowest BCUT2D eigenvalue weighted by Gasteiger charge is -2.49. The minimum absolute atomic E-state index is 0.133. The van der Waals surface area contributed by atoms with Gasteiger partial charge in [0, 0.05) is 5.38 Å². The summed E-state index contributed by atoms with van der Waals surface area (Å²) in [6, 6.07) is -0.829. The van der Waals surface area contributed by atoms with E-state index < -0.39 is 42.2 Å². The Morgan fingerprint density at radius 1 is 1.48 bits per heavy atom. The smallest absolute Gasteiger partial charge is 0.335 e. The summed E-state index contributed by atoms with van der Waals surface area (Å²) < 4.78 is 18.4. The fourth-order valence-electron chi connectivity index (χ4n) is 3.27. The average molecular weight is 417 g/mol. The summed E-state index contributed by atoms with van der Waals surface area (Å²) in [4.78, 5) is 15.7. The van der Waals surface area contributed by atoms with E-state index >= 15 is 0 Å². The van der Waals surface area contributed by atoms with Crippen LogP contribution >= 0.6 is 22.9 Å². The molecule has 0 aromatic carbocycles. The van der Waals surface area contributed by atoms with Crippen LogP contribution in [0.5, 0.6) is 0 Å². The van der Waals surface area contributed by atoms with Gasteiger partial charge in [-0.2, -0.15) is 0 Å². The van der Waals surface area contributed by atoms with Gasteiger partial charge in [-0.15, -0.1) is 16.4 Å². The number of aromatic nitrogens is 4. The van der Waals surface area contributed by atoms with Crippen LogP contribution in [-0.2, 0) is 19.0 Å². The molecule has 2 aromatic heterocycles. The first kappa shape index (κ1) is 18.7. The summed E-state index contributed by atoms with van der Waals surface area (Å²) in [6.07, 6.45) is -2.60. The number of hydrogen-bond acceptors (Lipinski definition) is 9. The van der Waals surface area contributed by atoms with Gasteiger partial charge >= 0.3 is 5.97 Å². The summed E-state index contributed by atoms with van der Waals surface area (Å²) in [7, 11) is 0. The number of carboxylic acids is 1. The van der Waals surface area contributed by atoms with Crippen molar-refractivity contribution in [3.63, 3.8) is 0 Å². The highest BCUT2D eigenvalue weighted by atomic mass is 35.5. The molecule has 2 saturated heterocycles. The number of nitrogens with zero attached hydrogens (tertiary/aromatic N) is 4. The number of ether oxygens (including phenoxy) is 3. The van der Waals surface area contributed by atoms with Gasteiger partial charge in [-0.1, -0.05) is 16.8 Å². The van der Waals surface area contributed by atoms with Gasteiger partial charge in [0.05, 0.1) is 12.8 Å². The number of thiazole rings is 1. The van der Waals surface area contributed by atoms with Crippen LogP contribution in [0.25, 0.3) is 10.7 Å². The van der Waals surface area contributed by atoms with Gasteiger partial charge in [-0.25, -0.2) is 14.5 Å². The normalized spacial score (nSPS) is 32.8. The van der Waals surface area contributed by atoms with Crippen LogP contribution < -0.4 is 0 Å². The monoisotopic (exact) mass is 416 g/mol. The molecule has 4 heterocycles. The molecule has 12 heteroatoms. The van der Waals surface area contributed by atoms with E-state index in [1.54, 1.807) is 25.4 Å². The number of fused-ring (bicyclic) bond motifs is 1. The van der Waals surface area contributed by atoms with Crippen molar-refractivity contribution >= 4 is 28.9 Å². The van der Waals surface area contributed by atoms with E-state index in [1.165, 1.54) is 16.0 Å². The second kappa shape index (κ2) is 6.76. The second-order valence-electron chi connectivity index (χ2n) is 6.77. The Balaban J connectivity index is 1.70. The molecule has 5 atom stereocenters. The number of aliphatic carboxylic acids is 1. The van der Waals surface area contributed by atoms with E-state index in [0.717, 1.165) is 0 Å². The van der Waals surface area contributed by atoms with Crippen LogP contribution in [0.1, 0.15) is 19.9 Å². The molecule has 2 aromatic rings. The molecule has 2 aliphatic heterocycles. The summed E-state index contributed by atoms with van der Waals surface area (Å²) >= 11 is 7.15. The molecule has 10 nitrogen and oxygen atoms in total. The molecule has 0 radical (unpaired) electrons. The number of aliphatic hydroxyl groups is 1. The van der Waals surface area contributed by atoms with Crippen molar-refractivity contribution in [3.8, 4) is 10.7 Å². The maximum Gasteiger partial charge on any atom is 0.335 e. The first-order valence-corrected chi connectivity index (χ1v) is 9.42. The molecule has 0 bridgehead atoms. The highest BCUT2D eigenvalue weighted by molar-refractivity contribution is 7.13. The van der Waals surface area contributed by atoms with Crippen molar-refractivity contribution in [3.05, 3.63) is 16.7 Å². The topological polar surface area (TPSA) is 129 Å². The Morgan fingerprint density at radius 3 is 2.93 bits per heavy atom. The zero-order valence-corrected chi connectivity index (χ0v) is 15.9. The van der Waals surface area contributed by atoms with E-state index in [2.05, 4.69) is 15.3 Å². The SMILES string of the molecule is CC1(C)OC[C@H]2O[C@@H](C(=O)O)[C@H](O)[C@@H](n3cc(-c4nc(Cl)cs4)nn3)[C@H]2O1. The van der Waals surface area contributed by atoms with Gasteiger partial charge in [-0.3, -0.25) is 0 Å². The van der Waals surface area contributed by atoms with Crippen molar-refractivity contribution in [2.45, 2.75) is 50.1 Å². The Morgan fingerprint density at radius 2 is 2.26 bits per heavy atom. The Hall–Kier alpha value is -1.63. The first-order chi connectivity index (χ1) is 12.7. The van der Waals surface area contributed by atoms with E-state index in [0.29, 0.717) is 15.9 Å². The minimum atomic E-state index is -1.44. The number of rotatable bonds is 3. The number of halogens is 1. The highest BCUT2D eigenvalue weighted by Crippen LogP contribution is 2.38. The molecule has 0 unspecified atom stereocenters. The maximum atomic E-state index is 11.5. The van der Waals surface area contributed by atoms with Crippen molar-refractivity contribution in [2.24, 2.45) is 0 Å². The molecule has 0 saturated carbocycles. The summed E-state index contributed by atoms with van der Waals surface area (Å²) in [5, 5.41) is 30.8. The van der Waals surface area contributed by atoms with Crippen LogP contribution in [0.2, 0.25) is 5.15 Å². The quantitative estimate of drug-likeness (QED) is 0.751. The van der Waals surface area contributed by atoms with Crippen LogP contribution in [0.3, 0.4) is 0 Å². The van der Waals surface area contributed by atoms with Gasteiger partial charge in [-0.05, 0) is 13.8 Å². The van der Waals surface area contributed by atoms with Gasteiger partial charge in [0.2, 0.25) is 0 Å². The molecule has 4 rings (SSSR count). The fraction of sp³-hybridized carbons (Fsp3) is 0.600. The lowest BCUT2D eigenvalue weighted by atomic mass is 9.91. The zero-order valence-electron chi connectivity index (χ0n) is 14.4. The van der Waals surface area contributed by atoms with Crippen molar-refractivity contribution in [1.29, 1.82) is 0 Å². The number of carboxylic acid groups (broad SMARTS) is 1. The second-order valence-corrected chi connectivity index (χ2v) is 8.01. The number of hydrogen-bond donors (Lipinski definition) is 2. The zero-order chi connectivity index (χ0) is 19.3. The van der Waals surface area contributed by atoms with E-state index in [-0.39, 0.29) is 6.61 Å². The van der Waals surface area contributed by atoms with Gasteiger partial charge in [0.15, 0.2) is 11.9 Å². The lowest BCUT2D eigenvalue weighted by molar-refractivity contribution is -0.346. The van der Waals surface area contributed by atoms with Gasteiger partial charge in [0.25, 0.3) is 0 Å². The van der Waals surface area contributed by atoms with Crippen molar-refractivity contribution < 1.29 is 29.2 Å². The highest BCUT2D eigenvalue weighted by Gasteiger charge is 2.54. The molecule has 2 fully saturated rings. The first-order valence-electron chi connectivity index (χ1n) is 8.16. The van der Waals surface area contributed by atoms with Crippen LogP contribution in [0.4, 0.5) is 0 Å². The Bertz CT molecular complexity index is 857. The molecule has 146 valence electrons. The predicted octanol–water partition coefficient (Wildman–Crippen LogP) is 0.960. The standard InChI is InChI=1S/C15H17ClN4O6S/c1-15(2)24-4-7-11(26-15)9(10(21)12(25-7)14(22)23)20-3-6(18-19-20)13-17-8(16)5-27-13/h3,5,7,9-12,21H,4H2,1-2H3,(H,22,23)/t7-,9-,10-,11+,12-/m1/s1. The third-order valence-corrected chi connectivity index (χ3v) is 5.64. The van der Waals surface area contributed by atoms with E-state index in [9.17, 15) is 15.0 Å². The van der Waals surface area contributed by atoms with Crippen molar-refractivity contribution in [1.82, 2.24) is 20.0 Å². The number of aliphatic hydroxyl groups excluding tert-OH is 1. The fourth-order valence-corrected chi connectivity index (χ4v) is 4.16. The van der Waals surface area contributed by atoms with Gasteiger partial charge in [0.1, 0.15) is 40.2 Å². The van der Waals surface area contributed by atoms with Crippen LogP contribution in [0, 0.1) is 0 Å². The molecule has 0 spiro atoms. The molecule has 2 N–H and O–H groups in total. The molecular weight excluding hydrogens is 400 g/mol. The average Bonchev–Trinajstić information content (AvgIpc) is 3.22. The minimum Gasteiger partial charge on any atom is -0.479 e. The third kappa shape index (κ3) is 3.46. The largest absolute Gasteiger partial charge is 0.479 e. The molecule has 27 heavy (non-hydrogen) atoms. The summed E-state index contributed by atoms with van der Waals surface area (Å²) in [5.74, 6) is -2.19. The molecular formula is C15H17ClN4O6S. The Labute approximate surface area is 162 Å². The number of carbonyl (C=O) groups is 1.